The van der Waals surface area contributed by atoms with Gasteiger partial charge in [0.2, 0.25) is 0 Å². The zero-order valence-corrected chi connectivity index (χ0v) is 20.7. The summed E-state index contributed by atoms with van der Waals surface area (Å²) in [6, 6.07) is 11.0. The third-order valence-corrected chi connectivity index (χ3v) is 8.32. The van der Waals surface area contributed by atoms with E-state index in [0.29, 0.717) is 11.3 Å². The molecule has 2 unspecified atom stereocenters. The van der Waals surface area contributed by atoms with Gasteiger partial charge < -0.3 is 14.7 Å². The van der Waals surface area contributed by atoms with Crippen molar-refractivity contribution in [3.63, 3.8) is 0 Å². The van der Waals surface area contributed by atoms with Crippen molar-refractivity contribution < 1.29 is 19.4 Å². The molecule has 7 nitrogen and oxygen atoms in total. The molecule has 174 valence electrons. The number of thiophene rings is 1. The minimum atomic E-state index is -1.45. The number of ether oxygens (including phenoxy) is 1. The Balaban J connectivity index is 1.82. The summed E-state index contributed by atoms with van der Waals surface area (Å²) in [4.78, 5) is 29.2. The van der Waals surface area contributed by atoms with E-state index in [2.05, 4.69) is 25.9 Å². The van der Waals surface area contributed by atoms with E-state index in [9.17, 15) is 14.7 Å². The summed E-state index contributed by atoms with van der Waals surface area (Å²) in [7, 11) is 1.58. The summed E-state index contributed by atoms with van der Waals surface area (Å²) in [5.41, 5.74) is -0.234. The number of carbonyl (C=O) groups is 2. The minimum Gasteiger partial charge on any atom is -0.496 e. The smallest absolute Gasteiger partial charge is 0.332 e. The van der Waals surface area contributed by atoms with E-state index < -0.39 is 16.9 Å². The van der Waals surface area contributed by atoms with Crippen molar-refractivity contribution in [1.29, 1.82) is 0 Å². The van der Waals surface area contributed by atoms with Gasteiger partial charge >= 0.3 is 5.97 Å². The lowest BCUT2D eigenvalue weighted by atomic mass is 9.85. The molecule has 9 heteroatoms. The van der Waals surface area contributed by atoms with Crippen LogP contribution in [0.1, 0.15) is 46.9 Å². The molecule has 1 amide bonds. The van der Waals surface area contributed by atoms with E-state index in [1.807, 2.05) is 23.6 Å². The Morgan fingerprint density at radius 2 is 2.06 bits per heavy atom. The number of rotatable bonds is 6. The summed E-state index contributed by atoms with van der Waals surface area (Å²) >= 11 is 2.98. The van der Waals surface area contributed by atoms with Crippen LogP contribution in [0.25, 0.3) is 0 Å². The molecule has 3 heterocycles. The van der Waals surface area contributed by atoms with Gasteiger partial charge in [-0.2, -0.15) is 5.10 Å². The van der Waals surface area contributed by atoms with E-state index in [1.54, 1.807) is 42.4 Å². The summed E-state index contributed by atoms with van der Waals surface area (Å²) in [6.45, 7) is 6.30. The lowest BCUT2D eigenvalue weighted by Gasteiger charge is -2.37. The maximum absolute atomic E-state index is 14.0. The zero-order chi connectivity index (χ0) is 23.8. The van der Waals surface area contributed by atoms with Crippen molar-refractivity contribution in [3.05, 3.63) is 70.2 Å². The number of nitrogens with zero attached hydrogens (tertiary/aromatic N) is 3. The zero-order valence-electron chi connectivity index (χ0n) is 19.0. The standard InChI is InChI=1S/C24H27N3O4S2/c1-23(2,3)17-9-8-16(13-18(17)31-4)20(28)27-21(19-7-5-12-32-19)33-15-24(27,22(29)30)14-26-11-6-10-25-26/h5-13,21H,14-15H2,1-4H3,(H,29,30). The number of aliphatic carboxylic acids is 1. The molecule has 2 atom stereocenters. The van der Waals surface area contributed by atoms with Crippen LogP contribution in [0.3, 0.4) is 0 Å². The first kappa shape index (κ1) is 23.4. The summed E-state index contributed by atoms with van der Waals surface area (Å²) in [5.74, 6) is -0.517. The highest BCUT2D eigenvalue weighted by Gasteiger charge is 2.56. The molecule has 33 heavy (non-hydrogen) atoms. The fourth-order valence-corrected chi connectivity index (χ4v) is 6.67. The number of thioether (sulfide) groups is 1. The number of methoxy groups -OCH3 is 1. The Morgan fingerprint density at radius 3 is 2.64 bits per heavy atom. The third-order valence-electron chi connectivity index (χ3n) is 5.82. The van der Waals surface area contributed by atoms with Crippen molar-refractivity contribution in [2.75, 3.05) is 12.9 Å². The number of carboxylic acids is 1. The number of aromatic nitrogens is 2. The molecule has 3 aromatic rings. The second kappa shape index (κ2) is 8.87. The molecular weight excluding hydrogens is 458 g/mol. The van der Waals surface area contributed by atoms with Gasteiger partial charge in [-0.05, 0) is 40.6 Å². The van der Waals surface area contributed by atoms with Crippen molar-refractivity contribution >= 4 is 35.0 Å². The second-order valence-corrected chi connectivity index (χ2v) is 11.1. The SMILES string of the molecule is COc1cc(C(=O)N2C(c3cccs3)SCC2(Cn2cccn2)C(=O)O)ccc1C(C)(C)C. The lowest BCUT2D eigenvalue weighted by molar-refractivity contribution is -0.149. The molecule has 0 bridgehead atoms. The van der Waals surface area contributed by atoms with Gasteiger partial charge in [-0.15, -0.1) is 23.1 Å². The highest BCUT2D eigenvalue weighted by Crippen LogP contribution is 2.49. The van der Waals surface area contributed by atoms with Crippen LogP contribution in [0.5, 0.6) is 5.75 Å². The van der Waals surface area contributed by atoms with Gasteiger partial charge in [0.15, 0.2) is 5.54 Å². The molecule has 0 aliphatic carbocycles. The van der Waals surface area contributed by atoms with Gasteiger partial charge in [0, 0.05) is 28.6 Å². The van der Waals surface area contributed by atoms with Crippen LogP contribution < -0.4 is 4.74 Å². The Morgan fingerprint density at radius 1 is 1.27 bits per heavy atom. The van der Waals surface area contributed by atoms with Gasteiger partial charge in [0.05, 0.1) is 13.7 Å². The first-order valence-electron chi connectivity index (χ1n) is 10.6. The molecule has 1 aliphatic rings. The molecule has 1 fully saturated rings. The summed E-state index contributed by atoms with van der Waals surface area (Å²) < 4.78 is 7.18. The van der Waals surface area contributed by atoms with E-state index in [-0.39, 0.29) is 23.6 Å². The van der Waals surface area contributed by atoms with Gasteiger partial charge in [0.25, 0.3) is 5.91 Å². The average Bonchev–Trinajstić information content (AvgIpc) is 3.53. The number of benzene rings is 1. The Kier molecular flexibility index (Phi) is 6.28. The predicted molar refractivity (Wildman–Crippen MR) is 130 cm³/mol. The summed E-state index contributed by atoms with van der Waals surface area (Å²) in [5, 5.41) is 16.2. The highest BCUT2D eigenvalue weighted by molar-refractivity contribution is 8.00. The molecule has 1 aliphatic heterocycles. The maximum Gasteiger partial charge on any atom is 0.332 e. The van der Waals surface area contributed by atoms with Gasteiger partial charge in [-0.1, -0.05) is 32.9 Å². The van der Waals surface area contributed by atoms with Crippen molar-refractivity contribution in [2.45, 2.75) is 43.6 Å². The largest absolute Gasteiger partial charge is 0.496 e. The van der Waals surface area contributed by atoms with Crippen molar-refractivity contribution in [3.8, 4) is 5.75 Å². The molecule has 1 N–H and O–H groups in total. The Hall–Kier alpha value is -2.78. The highest BCUT2D eigenvalue weighted by atomic mass is 32.2. The van der Waals surface area contributed by atoms with Crippen molar-refractivity contribution in [1.82, 2.24) is 14.7 Å². The minimum absolute atomic E-state index is 0.0627. The number of amides is 1. The first-order valence-corrected chi connectivity index (χ1v) is 12.5. The average molecular weight is 486 g/mol. The van der Waals surface area contributed by atoms with Crippen LogP contribution in [0, 0.1) is 0 Å². The third kappa shape index (κ3) is 4.27. The Bertz CT molecular complexity index is 1140. The molecule has 0 radical (unpaired) electrons. The van der Waals surface area contributed by atoms with E-state index >= 15 is 0 Å². The molecule has 2 aromatic heterocycles. The van der Waals surface area contributed by atoms with E-state index in [4.69, 9.17) is 4.74 Å². The molecule has 4 rings (SSSR count). The molecule has 0 spiro atoms. The topological polar surface area (TPSA) is 84.7 Å². The van der Waals surface area contributed by atoms with Crippen LogP contribution >= 0.6 is 23.1 Å². The predicted octanol–water partition coefficient (Wildman–Crippen LogP) is 4.66. The number of carboxylic acid groups (broad SMARTS) is 1. The lowest BCUT2D eigenvalue weighted by Crippen LogP contribution is -2.58. The van der Waals surface area contributed by atoms with Crippen LogP contribution in [0.4, 0.5) is 0 Å². The van der Waals surface area contributed by atoms with Crippen LogP contribution in [0.2, 0.25) is 0 Å². The number of carbonyl (C=O) groups excluding carboxylic acids is 1. The number of hydrogen-bond donors (Lipinski definition) is 1. The van der Waals surface area contributed by atoms with Crippen LogP contribution in [-0.2, 0) is 16.8 Å². The Labute approximate surface area is 201 Å². The molecular formula is C24H27N3O4S2. The second-order valence-electron chi connectivity index (χ2n) is 9.06. The molecule has 0 saturated carbocycles. The monoisotopic (exact) mass is 485 g/mol. The van der Waals surface area contributed by atoms with Gasteiger partial charge in [0.1, 0.15) is 11.1 Å². The van der Waals surface area contributed by atoms with Crippen LogP contribution in [0.15, 0.2) is 54.2 Å². The maximum atomic E-state index is 14.0. The fourth-order valence-electron chi connectivity index (χ4n) is 4.13. The van der Waals surface area contributed by atoms with Crippen molar-refractivity contribution in [2.24, 2.45) is 0 Å². The summed E-state index contributed by atoms with van der Waals surface area (Å²) in [6.07, 6.45) is 3.33. The molecule has 1 saturated heterocycles. The number of hydrogen-bond acceptors (Lipinski definition) is 6. The molecule has 1 aromatic carbocycles. The van der Waals surface area contributed by atoms with E-state index in [0.717, 1.165) is 10.4 Å². The van der Waals surface area contributed by atoms with Gasteiger partial charge in [-0.25, -0.2) is 4.79 Å². The van der Waals surface area contributed by atoms with E-state index in [1.165, 1.54) is 28.0 Å². The fraction of sp³-hybridized carbons (Fsp3) is 0.375. The quantitative estimate of drug-likeness (QED) is 0.547. The van der Waals surface area contributed by atoms with Crippen LogP contribution in [-0.4, -0.2) is 50.1 Å². The normalized spacial score (nSPS) is 20.7. The van der Waals surface area contributed by atoms with Gasteiger partial charge in [-0.3, -0.25) is 9.48 Å². The first-order chi connectivity index (χ1) is 15.7.